The summed E-state index contributed by atoms with van der Waals surface area (Å²) in [5.41, 5.74) is -0.281. The number of hydrogen-bond donors (Lipinski definition) is 2. The first kappa shape index (κ1) is 10.4. The monoisotopic (exact) mass is 159 g/mol. The number of carbonyl (C=O) groups is 1. The van der Waals surface area contributed by atoms with Gasteiger partial charge in [-0.15, -0.1) is 0 Å². The topological polar surface area (TPSA) is 49.3 Å². The third-order valence-electron chi connectivity index (χ3n) is 1.65. The minimum Gasteiger partial charge on any atom is -0.373 e. The van der Waals surface area contributed by atoms with Gasteiger partial charge in [-0.3, -0.25) is 4.79 Å². The molecule has 0 spiro atoms. The molecular formula is C8H17NO2. The molecule has 2 N–H and O–H groups in total. The van der Waals surface area contributed by atoms with Crippen molar-refractivity contribution >= 4 is 5.91 Å². The Labute approximate surface area is 67.8 Å². The van der Waals surface area contributed by atoms with E-state index in [9.17, 15) is 4.79 Å². The molecule has 1 amide bonds. The SMILES string of the molecule is CC.CC1(C)CC(=O)NC1O. The lowest BCUT2D eigenvalue weighted by Crippen LogP contribution is -2.32. The van der Waals surface area contributed by atoms with Gasteiger partial charge in [0.05, 0.1) is 0 Å². The zero-order chi connectivity index (χ0) is 9.07. The van der Waals surface area contributed by atoms with Gasteiger partial charge in [0.2, 0.25) is 5.91 Å². The summed E-state index contributed by atoms with van der Waals surface area (Å²) in [5.74, 6) is -0.0625. The van der Waals surface area contributed by atoms with Crippen molar-refractivity contribution in [1.29, 1.82) is 0 Å². The van der Waals surface area contributed by atoms with Gasteiger partial charge in [-0.05, 0) is 0 Å². The Hall–Kier alpha value is -0.570. The van der Waals surface area contributed by atoms with Crippen LogP contribution in [0.4, 0.5) is 0 Å². The van der Waals surface area contributed by atoms with Crippen LogP contribution in [0, 0.1) is 5.41 Å². The largest absolute Gasteiger partial charge is 0.373 e. The van der Waals surface area contributed by atoms with Crippen LogP contribution in [-0.4, -0.2) is 17.2 Å². The maximum absolute atomic E-state index is 10.6. The summed E-state index contributed by atoms with van der Waals surface area (Å²) in [5, 5.41) is 11.5. The summed E-state index contributed by atoms with van der Waals surface area (Å²) >= 11 is 0. The molecule has 0 aromatic rings. The molecule has 1 atom stereocenters. The summed E-state index contributed by atoms with van der Waals surface area (Å²) in [6.45, 7) is 7.71. The van der Waals surface area contributed by atoms with Crippen molar-refractivity contribution in [3.63, 3.8) is 0 Å². The third kappa shape index (κ3) is 2.50. The highest BCUT2D eigenvalue weighted by Gasteiger charge is 2.37. The lowest BCUT2D eigenvalue weighted by atomic mass is 9.91. The molecule has 0 radical (unpaired) electrons. The van der Waals surface area contributed by atoms with E-state index in [1.807, 2.05) is 27.7 Å². The molecule has 0 aromatic carbocycles. The van der Waals surface area contributed by atoms with Crippen LogP contribution >= 0.6 is 0 Å². The van der Waals surface area contributed by atoms with Crippen molar-refractivity contribution in [3.05, 3.63) is 0 Å². The van der Waals surface area contributed by atoms with Gasteiger partial charge >= 0.3 is 0 Å². The van der Waals surface area contributed by atoms with Crippen LogP contribution in [0.2, 0.25) is 0 Å². The molecule has 1 heterocycles. The number of nitrogens with one attached hydrogen (secondary N) is 1. The van der Waals surface area contributed by atoms with Gasteiger partial charge in [0, 0.05) is 11.8 Å². The second kappa shape index (κ2) is 3.72. The van der Waals surface area contributed by atoms with E-state index in [1.54, 1.807) is 0 Å². The van der Waals surface area contributed by atoms with Gasteiger partial charge in [0.1, 0.15) is 6.23 Å². The van der Waals surface area contributed by atoms with E-state index in [4.69, 9.17) is 5.11 Å². The molecule has 3 heteroatoms. The molecule has 1 fully saturated rings. The summed E-state index contributed by atoms with van der Waals surface area (Å²) in [6, 6.07) is 0. The molecule has 1 unspecified atom stereocenters. The van der Waals surface area contributed by atoms with Crippen LogP contribution in [0.5, 0.6) is 0 Å². The first-order chi connectivity index (χ1) is 5.02. The van der Waals surface area contributed by atoms with Crippen molar-refractivity contribution < 1.29 is 9.90 Å². The molecular weight excluding hydrogens is 142 g/mol. The quantitative estimate of drug-likeness (QED) is 0.551. The number of carbonyl (C=O) groups excluding carboxylic acids is 1. The molecule has 1 rings (SSSR count). The van der Waals surface area contributed by atoms with Gasteiger partial charge < -0.3 is 10.4 Å². The predicted octanol–water partition coefficient (Wildman–Crippen LogP) is 0.877. The Bertz CT molecular complexity index is 143. The highest BCUT2D eigenvalue weighted by atomic mass is 16.3. The van der Waals surface area contributed by atoms with Crippen LogP contribution in [0.25, 0.3) is 0 Å². The van der Waals surface area contributed by atoms with Crippen LogP contribution in [0.1, 0.15) is 34.1 Å². The molecule has 0 bridgehead atoms. The molecule has 3 nitrogen and oxygen atoms in total. The third-order valence-corrected chi connectivity index (χ3v) is 1.65. The number of amides is 1. The molecule has 0 aliphatic carbocycles. The Morgan fingerprint density at radius 2 is 2.00 bits per heavy atom. The van der Waals surface area contributed by atoms with E-state index >= 15 is 0 Å². The standard InChI is InChI=1S/C6H11NO2.C2H6/c1-6(2)3-4(8)7-5(6)9;1-2/h5,9H,3H2,1-2H3,(H,7,8);1-2H3. The van der Waals surface area contributed by atoms with Crippen molar-refractivity contribution in [2.24, 2.45) is 5.41 Å². The van der Waals surface area contributed by atoms with Gasteiger partial charge in [-0.25, -0.2) is 0 Å². The van der Waals surface area contributed by atoms with Crippen molar-refractivity contribution in [3.8, 4) is 0 Å². The molecule has 11 heavy (non-hydrogen) atoms. The molecule has 0 aromatic heterocycles. The molecule has 66 valence electrons. The molecule has 0 saturated carbocycles. The number of rotatable bonds is 0. The number of hydrogen-bond acceptors (Lipinski definition) is 2. The van der Waals surface area contributed by atoms with Crippen LogP contribution in [0.15, 0.2) is 0 Å². The van der Waals surface area contributed by atoms with E-state index in [1.165, 1.54) is 0 Å². The van der Waals surface area contributed by atoms with Gasteiger partial charge in [0.25, 0.3) is 0 Å². The van der Waals surface area contributed by atoms with E-state index in [0.29, 0.717) is 6.42 Å². The van der Waals surface area contributed by atoms with Crippen LogP contribution in [-0.2, 0) is 4.79 Å². The Morgan fingerprint density at radius 3 is 2.09 bits per heavy atom. The van der Waals surface area contributed by atoms with E-state index in [2.05, 4.69) is 5.32 Å². The van der Waals surface area contributed by atoms with Crippen molar-refractivity contribution in [1.82, 2.24) is 5.32 Å². The predicted molar refractivity (Wildman–Crippen MR) is 43.9 cm³/mol. The summed E-state index contributed by atoms with van der Waals surface area (Å²) in [6.07, 6.45) is -0.237. The normalized spacial score (nSPS) is 27.0. The zero-order valence-electron chi connectivity index (χ0n) is 7.64. The molecule has 1 saturated heterocycles. The molecule has 1 aliphatic rings. The van der Waals surface area contributed by atoms with Crippen molar-refractivity contribution in [2.45, 2.75) is 40.3 Å². The number of aliphatic hydroxyl groups is 1. The maximum atomic E-state index is 10.6. The Balaban J connectivity index is 0.000000461. The van der Waals surface area contributed by atoms with Gasteiger partial charge in [-0.2, -0.15) is 0 Å². The van der Waals surface area contributed by atoms with Crippen molar-refractivity contribution in [2.75, 3.05) is 0 Å². The second-order valence-electron chi connectivity index (χ2n) is 3.14. The van der Waals surface area contributed by atoms with E-state index in [-0.39, 0.29) is 11.3 Å². The molecule has 1 aliphatic heterocycles. The minimum atomic E-state index is -0.662. The second-order valence-corrected chi connectivity index (χ2v) is 3.14. The summed E-state index contributed by atoms with van der Waals surface area (Å²) < 4.78 is 0. The van der Waals surface area contributed by atoms with E-state index in [0.717, 1.165) is 0 Å². The number of aliphatic hydroxyl groups excluding tert-OH is 1. The minimum absolute atomic E-state index is 0.0625. The van der Waals surface area contributed by atoms with E-state index < -0.39 is 6.23 Å². The zero-order valence-corrected chi connectivity index (χ0v) is 7.64. The van der Waals surface area contributed by atoms with Crippen LogP contribution < -0.4 is 5.32 Å². The summed E-state index contributed by atoms with van der Waals surface area (Å²) in [7, 11) is 0. The first-order valence-electron chi connectivity index (χ1n) is 4.00. The first-order valence-corrected chi connectivity index (χ1v) is 4.00. The fourth-order valence-electron chi connectivity index (χ4n) is 0.909. The lowest BCUT2D eigenvalue weighted by molar-refractivity contribution is -0.120. The fraction of sp³-hybridized carbons (Fsp3) is 0.875. The summed E-state index contributed by atoms with van der Waals surface area (Å²) in [4.78, 5) is 10.6. The smallest absolute Gasteiger partial charge is 0.222 e. The highest BCUT2D eigenvalue weighted by Crippen LogP contribution is 2.28. The maximum Gasteiger partial charge on any atom is 0.222 e. The van der Waals surface area contributed by atoms with Gasteiger partial charge in [-0.1, -0.05) is 27.7 Å². The average Bonchev–Trinajstić information content (AvgIpc) is 2.10. The highest BCUT2D eigenvalue weighted by molar-refractivity contribution is 5.79. The van der Waals surface area contributed by atoms with Gasteiger partial charge in [0.15, 0.2) is 0 Å². The Morgan fingerprint density at radius 1 is 1.55 bits per heavy atom. The fourth-order valence-corrected chi connectivity index (χ4v) is 0.909. The lowest BCUT2D eigenvalue weighted by Gasteiger charge is -2.18. The van der Waals surface area contributed by atoms with Crippen LogP contribution in [0.3, 0.4) is 0 Å². The average molecular weight is 159 g/mol. The Kier molecular flexibility index (Phi) is 3.52.